The topological polar surface area (TPSA) is 71.4 Å². The monoisotopic (exact) mass is 355 g/mol. The summed E-state index contributed by atoms with van der Waals surface area (Å²) in [6, 6.07) is 1.49. The molecular weight excluding hydrogens is 326 g/mol. The fourth-order valence-corrected chi connectivity index (χ4v) is 4.55. The van der Waals surface area contributed by atoms with Gasteiger partial charge in [0, 0.05) is 32.9 Å². The fourth-order valence-electron chi connectivity index (χ4n) is 2.96. The van der Waals surface area contributed by atoms with Crippen LogP contribution >= 0.6 is 0 Å². The fraction of sp³-hybridized carbons (Fsp3) is 0.706. The van der Waals surface area contributed by atoms with Gasteiger partial charge in [0.05, 0.1) is 0 Å². The van der Waals surface area contributed by atoms with Crippen LogP contribution in [0, 0.1) is 5.92 Å². The summed E-state index contributed by atoms with van der Waals surface area (Å²) in [6.45, 7) is 6.03. The third kappa shape index (κ3) is 4.60. The smallest absolute Gasteiger partial charge is 0.267 e. The highest BCUT2D eigenvalue weighted by Crippen LogP contribution is 2.22. The Morgan fingerprint density at radius 3 is 2.54 bits per heavy atom. The summed E-state index contributed by atoms with van der Waals surface area (Å²) in [5.41, 5.74) is 0.384. The molecule has 2 heterocycles. The number of amides is 1. The Labute approximate surface area is 145 Å². The number of aryl methyl sites for hydroxylation is 1. The van der Waals surface area contributed by atoms with Gasteiger partial charge in [-0.15, -0.1) is 0 Å². The number of sulfonamides is 1. The van der Waals surface area contributed by atoms with Gasteiger partial charge >= 0.3 is 0 Å². The molecule has 6 nitrogen and oxygen atoms in total. The van der Waals surface area contributed by atoms with Gasteiger partial charge in [0.15, 0.2) is 0 Å². The minimum atomic E-state index is -3.50. The van der Waals surface area contributed by atoms with Crippen molar-refractivity contribution in [1.29, 1.82) is 0 Å². The second-order valence-corrected chi connectivity index (χ2v) is 8.87. The highest BCUT2D eigenvalue weighted by atomic mass is 32.2. The average molecular weight is 356 g/mol. The molecule has 0 atom stereocenters. The third-order valence-electron chi connectivity index (χ3n) is 4.41. The maximum atomic E-state index is 12.7. The van der Waals surface area contributed by atoms with Crippen LogP contribution in [0.25, 0.3) is 0 Å². The Kier molecular flexibility index (Phi) is 6.46. The van der Waals surface area contributed by atoms with Crippen molar-refractivity contribution in [3.63, 3.8) is 0 Å². The van der Waals surface area contributed by atoms with Crippen LogP contribution in [0.4, 0.5) is 0 Å². The summed E-state index contributed by atoms with van der Waals surface area (Å²) in [7, 11) is -1.79. The van der Waals surface area contributed by atoms with Gasteiger partial charge in [0.25, 0.3) is 5.91 Å². The maximum Gasteiger partial charge on any atom is 0.267 e. The van der Waals surface area contributed by atoms with Crippen LogP contribution in [0.15, 0.2) is 17.2 Å². The normalized spacial score (nSPS) is 16.5. The lowest BCUT2D eigenvalue weighted by Gasteiger charge is -2.25. The zero-order valence-corrected chi connectivity index (χ0v) is 15.7. The molecular formula is C17H29N3O3S. The SMILES string of the molecule is CC(C)CCCNC(=O)c1cc(S(=O)(=O)N2CCCCC2)cn1C. The molecule has 0 bridgehead atoms. The summed E-state index contributed by atoms with van der Waals surface area (Å²) < 4.78 is 28.5. The molecule has 0 saturated carbocycles. The highest BCUT2D eigenvalue weighted by Gasteiger charge is 2.28. The van der Waals surface area contributed by atoms with Gasteiger partial charge in [-0.2, -0.15) is 4.31 Å². The molecule has 1 N–H and O–H groups in total. The van der Waals surface area contributed by atoms with Gasteiger partial charge < -0.3 is 9.88 Å². The predicted molar refractivity (Wildman–Crippen MR) is 94.4 cm³/mol. The molecule has 1 amide bonds. The van der Waals surface area contributed by atoms with Crippen molar-refractivity contribution in [2.75, 3.05) is 19.6 Å². The first-order chi connectivity index (χ1) is 11.3. The van der Waals surface area contributed by atoms with Gasteiger partial charge in [-0.1, -0.05) is 20.3 Å². The van der Waals surface area contributed by atoms with Crippen molar-refractivity contribution >= 4 is 15.9 Å². The van der Waals surface area contributed by atoms with Gasteiger partial charge in [-0.05, 0) is 37.7 Å². The molecule has 1 fully saturated rings. The molecule has 24 heavy (non-hydrogen) atoms. The number of hydrogen-bond donors (Lipinski definition) is 1. The average Bonchev–Trinajstić information content (AvgIpc) is 2.95. The summed E-state index contributed by atoms with van der Waals surface area (Å²) in [6.07, 6.45) is 6.39. The standard InChI is InChI=1S/C17H29N3O3S/c1-14(2)8-7-9-18-17(21)16-12-15(13-19(16)3)24(22,23)20-10-5-4-6-11-20/h12-14H,4-11H2,1-3H3,(H,18,21). The van der Waals surface area contributed by atoms with Crippen molar-refractivity contribution in [3.8, 4) is 0 Å². The molecule has 136 valence electrons. The maximum absolute atomic E-state index is 12.7. The summed E-state index contributed by atoms with van der Waals surface area (Å²) in [5.74, 6) is 0.388. The van der Waals surface area contributed by atoms with Crippen molar-refractivity contribution < 1.29 is 13.2 Å². The highest BCUT2D eigenvalue weighted by molar-refractivity contribution is 7.89. The molecule has 1 aromatic heterocycles. The van der Waals surface area contributed by atoms with Gasteiger partial charge in [0.2, 0.25) is 10.0 Å². The lowest BCUT2D eigenvalue weighted by Crippen LogP contribution is -2.35. The quantitative estimate of drug-likeness (QED) is 0.763. The van der Waals surface area contributed by atoms with E-state index in [0.717, 1.165) is 32.1 Å². The molecule has 0 unspecified atom stereocenters. The third-order valence-corrected chi connectivity index (χ3v) is 6.27. The molecule has 1 aromatic rings. The van der Waals surface area contributed by atoms with E-state index in [1.54, 1.807) is 11.6 Å². The van der Waals surface area contributed by atoms with Gasteiger partial charge in [0.1, 0.15) is 10.6 Å². The predicted octanol–water partition coefficient (Wildman–Crippen LogP) is 2.37. The van der Waals surface area contributed by atoms with Crippen LogP contribution in [0.5, 0.6) is 0 Å². The Hall–Kier alpha value is -1.34. The first-order valence-electron chi connectivity index (χ1n) is 8.77. The molecule has 0 spiro atoms. The van der Waals surface area contributed by atoms with Gasteiger partial charge in [-0.25, -0.2) is 8.42 Å². The van der Waals surface area contributed by atoms with Crippen LogP contribution in [0.2, 0.25) is 0 Å². The first-order valence-corrected chi connectivity index (χ1v) is 10.2. The van der Waals surface area contributed by atoms with Crippen LogP contribution in [-0.2, 0) is 17.1 Å². The number of nitrogens with zero attached hydrogens (tertiary/aromatic N) is 2. The minimum absolute atomic E-state index is 0.208. The number of piperidine rings is 1. The Bertz CT molecular complexity index is 659. The van der Waals surface area contributed by atoms with Crippen LogP contribution < -0.4 is 5.32 Å². The Morgan fingerprint density at radius 1 is 1.25 bits per heavy atom. The van der Waals surface area contributed by atoms with Crippen molar-refractivity contribution in [2.24, 2.45) is 13.0 Å². The number of rotatable bonds is 7. The lowest BCUT2D eigenvalue weighted by molar-refractivity contribution is 0.0944. The van der Waals surface area contributed by atoms with Crippen molar-refractivity contribution in [2.45, 2.75) is 50.8 Å². The summed E-state index contributed by atoms with van der Waals surface area (Å²) in [4.78, 5) is 12.5. The number of nitrogens with one attached hydrogen (secondary N) is 1. The van der Waals surface area contributed by atoms with E-state index < -0.39 is 10.0 Å². The summed E-state index contributed by atoms with van der Waals surface area (Å²) >= 11 is 0. The summed E-state index contributed by atoms with van der Waals surface area (Å²) in [5, 5.41) is 2.87. The van der Waals surface area contributed by atoms with Crippen LogP contribution in [0.3, 0.4) is 0 Å². The molecule has 0 aromatic carbocycles. The van der Waals surface area contributed by atoms with Crippen LogP contribution in [0.1, 0.15) is 56.4 Å². The Balaban J connectivity index is 2.04. The van der Waals surface area contributed by atoms with Crippen molar-refractivity contribution in [3.05, 3.63) is 18.0 Å². The minimum Gasteiger partial charge on any atom is -0.351 e. The molecule has 1 aliphatic heterocycles. The number of carbonyl (C=O) groups excluding carboxylic acids is 1. The number of carbonyl (C=O) groups is 1. The van der Waals surface area contributed by atoms with E-state index in [1.165, 1.54) is 16.6 Å². The van der Waals surface area contributed by atoms with Gasteiger partial charge in [-0.3, -0.25) is 4.79 Å². The van der Waals surface area contributed by atoms with E-state index in [0.29, 0.717) is 31.2 Å². The largest absolute Gasteiger partial charge is 0.351 e. The first kappa shape index (κ1) is 19.0. The van der Waals surface area contributed by atoms with Crippen molar-refractivity contribution in [1.82, 2.24) is 14.2 Å². The molecule has 2 rings (SSSR count). The molecule has 0 aliphatic carbocycles. The van der Waals surface area contributed by atoms with E-state index in [1.807, 2.05) is 0 Å². The van der Waals surface area contributed by atoms with E-state index in [-0.39, 0.29) is 10.8 Å². The molecule has 0 radical (unpaired) electrons. The van der Waals surface area contributed by atoms with E-state index in [2.05, 4.69) is 19.2 Å². The van der Waals surface area contributed by atoms with E-state index in [9.17, 15) is 13.2 Å². The second-order valence-electron chi connectivity index (χ2n) is 6.93. The Morgan fingerprint density at radius 2 is 1.92 bits per heavy atom. The van der Waals surface area contributed by atoms with E-state index in [4.69, 9.17) is 0 Å². The lowest BCUT2D eigenvalue weighted by atomic mass is 10.1. The zero-order valence-electron chi connectivity index (χ0n) is 14.9. The molecule has 7 heteroatoms. The zero-order chi connectivity index (χ0) is 17.7. The number of aromatic nitrogens is 1. The number of hydrogen-bond acceptors (Lipinski definition) is 3. The van der Waals surface area contributed by atoms with Crippen LogP contribution in [-0.4, -0.2) is 42.8 Å². The van der Waals surface area contributed by atoms with E-state index >= 15 is 0 Å². The molecule has 1 saturated heterocycles. The second kappa shape index (κ2) is 8.16. The molecule has 1 aliphatic rings.